The summed E-state index contributed by atoms with van der Waals surface area (Å²) in [5.74, 6) is -0.765. The molecule has 0 radical (unpaired) electrons. The average molecular weight is 470 g/mol. The van der Waals surface area contributed by atoms with E-state index in [0.717, 1.165) is 54.5 Å². The summed E-state index contributed by atoms with van der Waals surface area (Å²) in [5, 5.41) is 5.03. The maximum atomic E-state index is 12.8. The Bertz CT molecular complexity index is 1190. The lowest BCUT2D eigenvalue weighted by molar-refractivity contribution is 0.0474. The van der Waals surface area contributed by atoms with Gasteiger partial charge in [0.05, 0.1) is 33.8 Å². The first-order chi connectivity index (χ1) is 15.8. The van der Waals surface area contributed by atoms with E-state index < -0.39 is 5.97 Å². The van der Waals surface area contributed by atoms with Gasteiger partial charge in [-0.2, -0.15) is 5.10 Å². The summed E-state index contributed by atoms with van der Waals surface area (Å²) < 4.78 is 14.9. The Balaban J connectivity index is 1.39. The zero-order valence-corrected chi connectivity index (χ0v) is 20.1. The van der Waals surface area contributed by atoms with E-state index in [1.165, 1.54) is 0 Å². The predicted molar refractivity (Wildman–Crippen MR) is 126 cm³/mol. The molecule has 0 aliphatic carbocycles. The molecule has 8 heteroatoms. The van der Waals surface area contributed by atoms with E-state index in [1.54, 1.807) is 28.9 Å². The summed E-state index contributed by atoms with van der Waals surface area (Å²) in [4.78, 5) is 25.3. The van der Waals surface area contributed by atoms with E-state index in [4.69, 9.17) is 21.1 Å². The number of hydrogen-bond acceptors (Lipinski definition) is 5. The number of rotatable bonds is 7. The molecule has 1 atom stereocenters. The van der Waals surface area contributed by atoms with Crippen LogP contribution < -0.4 is 0 Å². The van der Waals surface area contributed by atoms with Crippen molar-refractivity contribution in [3.05, 3.63) is 69.3 Å². The molecule has 3 aromatic rings. The van der Waals surface area contributed by atoms with Gasteiger partial charge in [-0.05, 0) is 70.9 Å². The molecule has 0 bridgehead atoms. The Labute approximate surface area is 198 Å². The summed E-state index contributed by atoms with van der Waals surface area (Å²) in [6.45, 7) is 8.84. The SMILES string of the molecule is Cc1nn(-c2ccc(C(=O)OCC(=O)c3cc(C)n(C[C@@H]4CCCO4)c3C)cc2)c(C)c1Cl. The average Bonchev–Trinajstić information content (AvgIpc) is 3.49. The van der Waals surface area contributed by atoms with Crippen molar-refractivity contribution < 1.29 is 19.1 Å². The van der Waals surface area contributed by atoms with Crippen molar-refractivity contribution in [2.45, 2.75) is 53.2 Å². The largest absolute Gasteiger partial charge is 0.454 e. The van der Waals surface area contributed by atoms with Crippen LogP contribution in [0, 0.1) is 27.7 Å². The second-order valence-corrected chi connectivity index (χ2v) is 8.85. The molecular weight excluding hydrogens is 442 g/mol. The molecule has 0 N–H and O–H groups in total. The van der Waals surface area contributed by atoms with E-state index in [1.807, 2.05) is 33.8 Å². The fraction of sp³-hybridized carbons (Fsp3) is 0.400. The molecule has 1 fully saturated rings. The maximum absolute atomic E-state index is 12.8. The summed E-state index contributed by atoms with van der Waals surface area (Å²) in [6.07, 6.45) is 2.29. The third-order valence-corrected chi connectivity index (χ3v) is 6.72. The zero-order valence-electron chi connectivity index (χ0n) is 19.4. The lowest BCUT2D eigenvalue weighted by atomic mass is 10.1. The number of ether oxygens (including phenoxy) is 2. The molecule has 2 aromatic heterocycles. The summed E-state index contributed by atoms with van der Waals surface area (Å²) >= 11 is 6.22. The molecule has 0 spiro atoms. The van der Waals surface area contributed by atoms with Gasteiger partial charge in [-0.25, -0.2) is 9.48 Å². The Morgan fingerprint density at radius 1 is 1.15 bits per heavy atom. The number of nitrogens with zero attached hydrogens (tertiary/aromatic N) is 3. The minimum absolute atomic E-state index is 0.184. The number of carbonyl (C=O) groups is 2. The highest BCUT2D eigenvalue weighted by Gasteiger charge is 2.22. The van der Waals surface area contributed by atoms with Crippen molar-refractivity contribution in [1.82, 2.24) is 14.3 Å². The molecule has 0 unspecified atom stereocenters. The first-order valence-electron chi connectivity index (χ1n) is 11.1. The Morgan fingerprint density at radius 2 is 1.88 bits per heavy atom. The van der Waals surface area contributed by atoms with Crippen LogP contribution in [0.5, 0.6) is 0 Å². The number of aromatic nitrogens is 3. The second-order valence-electron chi connectivity index (χ2n) is 8.47. The maximum Gasteiger partial charge on any atom is 0.338 e. The van der Waals surface area contributed by atoms with Gasteiger partial charge in [0.1, 0.15) is 0 Å². The van der Waals surface area contributed by atoms with Gasteiger partial charge in [-0.15, -0.1) is 0 Å². The molecule has 33 heavy (non-hydrogen) atoms. The summed E-state index contributed by atoms with van der Waals surface area (Å²) in [5.41, 5.74) is 5.17. The highest BCUT2D eigenvalue weighted by Crippen LogP contribution is 2.23. The van der Waals surface area contributed by atoms with Crippen LogP contribution in [0.3, 0.4) is 0 Å². The van der Waals surface area contributed by atoms with Crippen molar-refractivity contribution in [2.24, 2.45) is 0 Å². The smallest absolute Gasteiger partial charge is 0.338 e. The lowest BCUT2D eigenvalue weighted by Gasteiger charge is -2.14. The first kappa shape index (κ1) is 23.3. The van der Waals surface area contributed by atoms with Crippen molar-refractivity contribution in [3.63, 3.8) is 0 Å². The van der Waals surface area contributed by atoms with Crippen LogP contribution in [0.1, 0.15) is 56.3 Å². The van der Waals surface area contributed by atoms with Gasteiger partial charge in [-0.3, -0.25) is 4.79 Å². The van der Waals surface area contributed by atoms with E-state index in [0.29, 0.717) is 16.1 Å². The first-order valence-corrected chi connectivity index (χ1v) is 11.4. The van der Waals surface area contributed by atoms with Crippen LogP contribution in [0.4, 0.5) is 0 Å². The van der Waals surface area contributed by atoms with Crippen LogP contribution in [-0.2, 0) is 16.0 Å². The van der Waals surface area contributed by atoms with Crippen molar-refractivity contribution >= 4 is 23.4 Å². The molecule has 1 aliphatic rings. The zero-order chi connectivity index (χ0) is 23.7. The molecule has 7 nitrogen and oxygen atoms in total. The summed E-state index contributed by atoms with van der Waals surface area (Å²) in [7, 11) is 0. The minimum atomic E-state index is -0.547. The number of carbonyl (C=O) groups excluding carboxylic acids is 2. The van der Waals surface area contributed by atoms with Gasteiger partial charge in [0.25, 0.3) is 0 Å². The van der Waals surface area contributed by atoms with Gasteiger partial charge in [0.15, 0.2) is 6.61 Å². The standard InChI is InChI=1S/C25H28ClN3O4/c1-15-12-22(17(3)28(15)13-21-6-5-11-32-21)23(30)14-33-25(31)19-7-9-20(10-8-19)29-18(4)24(26)16(2)27-29/h7-10,12,21H,5-6,11,13-14H2,1-4H3/t21-/m0/s1. The van der Waals surface area contributed by atoms with Gasteiger partial charge in [-0.1, -0.05) is 11.6 Å². The number of ketones is 1. The monoisotopic (exact) mass is 469 g/mol. The minimum Gasteiger partial charge on any atom is -0.454 e. The van der Waals surface area contributed by atoms with Gasteiger partial charge < -0.3 is 14.0 Å². The Morgan fingerprint density at radius 3 is 2.48 bits per heavy atom. The Hall–Kier alpha value is -2.90. The molecule has 0 amide bonds. The molecule has 4 rings (SSSR count). The molecular formula is C25H28ClN3O4. The van der Waals surface area contributed by atoms with Crippen LogP contribution in [-0.4, -0.2) is 45.4 Å². The van der Waals surface area contributed by atoms with E-state index in [2.05, 4.69) is 9.67 Å². The molecule has 1 aliphatic heterocycles. The number of esters is 1. The van der Waals surface area contributed by atoms with Gasteiger partial charge >= 0.3 is 5.97 Å². The van der Waals surface area contributed by atoms with Crippen molar-refractivity contribution in [2.75, 3.05) is 13.2 Å². The van der Waals surface area contributed by atoms with E-state index in [-0.39, 0.29) is 18.5 Å². The normalized spacial score (nSPS) is 15.7. The van der Waals surface area contributed by atoms with Crippen molar-refractivity contribution in [3.8, 4) is 5.69 Å². The van der Waals surface area contributed by atoms with Crippen molar-refractivity contribution in [1.29, 1.82) is 0 Å². The third-order valence-electron chi connectivity index (χ3n) is 6.17. The molecule has 1 aromatic carbocycles. The Kier molecular flexibility index (Phi) is 6.72. The number of Topliss-reactive ketones (excluding diaryl/α,β-unsaturated/α-hetero) is 1. The fourth-order valence-corrected chi connectivity index (χ4v) is 4.38. The molecule has 0 saturated carbocycles. The van der Waals surface area contributed by atoms with Crippen LogP contribution >= 0.6 is 11.6 Å². The molecule has 1 saturated heterocycles. The van der Waals surface area contributed by atoms with Gasteiger partial charge in [0, 0.05) is 30.1 Å². The van der Waals surface area contributed by atoms with E-state index >= 15 is 0 Å². The number of hydrogen-bond donors (Lipinski definition) is 0. The van der Waals surface area contributed by atoms with Gasteiger partial charge in [0.2, 0.25) is 5.78 Å². The lowest BCUT2D eigenvalue weighted by Crippen LogP contribution is -2.18. The van der Waals surface area contributed by atoms with Crippen LogP contribution in [0.2, 0.25) is 5.02 Å². The highest BCUT2D eigenvalue weighted by atomic mass is 35.5. The fourth-order valence-electron chi connectivity index (χ4n) is 4.26. The highest BCUT2D eigenvalue weighted by molar-refractivity contribution is 6.31. The predicted octanol–water partition coefficient (Wildman–Crippen LogP) is 4.78. The number of benzene rings is 1. The second kappa shape index (κ2) is 9.53. The van der Waals surface area contributed by atoms with Crippen LogP contribution in [0.25, 0.3) is 5.69 Å². The molecule has 3 heterocycles. The number of aryl methyl sites for hydroxylation is 2. The van der Waals surface area contributed by atoms with Crippen LogP contribution in [0.15, 0.2) is 30.3 Å². The number of halogens is 1. The topological polar surface area (TPSA) is 75.4 Å². The quantitative estimate of drug-likeness (QED) is 0.367. The van der Waals surface area contributed by atoms with E-state index in [9.17, 15) is 9.59 Å². The summed E-state index contributed by atoms with van der Waals surface area (Å²) in [6, 6.07) is 8.70. The molecule has 174 valence electrons. The third kappa shape index (κ3) is 4.75.